The largest absolute Gasteiger partial charge is 0.386 e. The van der Waals surface area contributed by atoms with E-state index in [1.165, 1.54) is 11.1 Å². The molecule has 2 aromatic rings. The van der Waals surface area contributed by atoms with Gasteiger partial charge in [-0.15, -0.1) is 0 Å². The summed E-state index contributed by atoms with van der Waals surface area (Å²) >= 11 is 3.46. The van der Waals surface area contributed by atoms with E-state index in [4.69, 9.17) is 0 Å². The minimum absolute atomic E-state index is 0.174. The van der Waals surface area contributed by atoms with Gasteiger partial charge in [-0.3, -0.25) is 4.68 Å². The predicted octanol–water partition coefficient (Wildman–Crippen LogP) is 2.95. The fourth-order valence-electron chi connectivity index (χ4n) is 2.86. The smallest absolute Gasteiger partial charge is 0.104 e. The third kappa shape index (κ3) is 1.80. The van der Waals surface area contributed by atoms with Gasteiger partial charge in [0.15, 0.2) is 0 Å². The van der Waals surface area contributed by atoms with E-state index in [1.807, 2.05) is 13.1 Å². The zero-order valence-corrected chi connectivity index (χ0v) is 11.8. The molecule has 3 nitrogen and oxygen atoms in total. The molecule has 0 radical (unpaired) electrons. The average molecular weight is 307 g/mol. The molecular weight excluding hydrogens is 292 g/mol. The highest BCUT2D eigenvalue weighted by atomic mass is 79.9. The monoisotopic (exact) mass is 306 g/mol. The number of benzene rings is 1. The van der Waals surface area contributed by atoms with Crippen LogP contribution in [0.3, 0.4) is 0 Å². The third-order valence-corrected chi connectivity index (χ3v) is 4.39. The van der Waals surface area contributed by atoms with Crippen LogP contribution in [0.5, 0.6) is 0 Å². The predicted molar refractivity (Wildman–Crippen MR) is 73.4 cm³/mol. The molecule has 1 aromatic carbocycles. The van der Waals surface area contributed by atoms with E-state index in [2.05, 4.69) is 39.2 Å². The van der Waals surface area contributed by atoms with Crippen molar-refractivity contribution in [1.29, 1.82) is 0 Å². The van der Waals surface area contributed by atoms with Crippen LogP contribution in [-0.2, 0) is 13.5 Å². The number of nitrogens with zero attached hydrogens (tertiary/aromatic N) is 2. The van der Waals surface area contributed by atoms with Gasteiger partial charge in [0.2, 0.25) is 0 Å². The Bertz CT molecular complexity index is 559. The maximum absolute atomic E-state index is 10.6. The normalized spacial score (nSPS) is 19.8. The molecule has 94 valence electrons. The highest BCUT2D eigenvalue weighted by Crippen LogP contribution is 2.42. The van der Waals surface area contributed by atoms with E-state index in [-0.39, 0.29) is 5.92 Å². The number of fused-ring (bicyclic) bond motifs is 1. The molecule has 18 heavy (non-hydrogen) atoms. The van der Waals surface area contributed by atoms with Gasteiger partial charge in [-0.25, -0.2) is 0 Å². The van der Waals surface area contributed by atoms with Crippen molar-refractivity contribution in [2.45, 2.75) is 24.9 Å². The number of aryl methyl sites for hydroxylation is 2. The zero-order valence-electron chi connectivity index (χ0n) is 10.2. The summed E-state index contributed by atoms with van der Waals surface area (Å²) in [5.74, 6) is 0.174. The van der Waals surface area contributed by atoms with Crippen molar-refractivity contribution >= 4 is 15.9 Å². The van der Waals surface area contributed by atoms with E-state index in [0.29, 0.717) is 0 Å². The van der Waals surface area contributed by atoms with Crippen LogP contribution in [0, 0.1) is 0 Å². The van der Waals surface area contributed by atoms with E-state index in [0.717, 1.165) is 23.0 Å². The van der Waals surface area contributed by atoms with Gasteiger partial charge in [0.1, 0.15) is 6.10 Å². The van der Waals surface area contributed by atoms with E-state index < -0.39 is 6.10 Å². The van der Waals surface area contributed by atoms with Crippen molar-refractivity contribution in [3.05, 3.63) is 51.8 Å². The van der Waals surface area contributed by atoms with Crippen LogP contribution in [0.2, 0.25) is 0 Å². The molecule has 0 saturated heterocycles. The van der Waals surface area contributed by atoms with Gasteiger partial charge in [-0.2, -0.15) is 5.10 Å². The Morgan fingerprint density at radius 1 is 1.44 bits per heavy atom. The number of halogens is 1. The van der Waals surface area contributed by atoms with Crippen molar-refractivity contribution < 1.29 is 5.11 Å². The van der Waals surface area contributed by atoms with Crippen molar-refractivity contribution in [2.75, 3.05) is 0 Å². The lowest BCUT2D eigenvalue weighted by molar-refractivity contribution is 0.135. The Morgan fingerprint density at radius 3 is 2.94 bits per heavy atom. The molecule has 0 amide bonds. The summed E-state index contributed by atoms with van der Waals surface area (Å²) in [6.07, 6.45) is 3.28. The second kappa shape index (κ2) is 4.52. The van der Waals surface area contributed by atoms with Gasteiger partial charge in [0, 0.05) is 13.0 Å². The van der Waals surface area contributed by atoms with E-state index in [1.54, 1.807) is 10.9 Å². The maximum atomic E-state index is 10.6. The van der Waals surface area contributed by atoms with Crippen LogP contribution in [-0.4, -0.2) is 14.9 Å². The molecule has 3 rings (SSSR count). The molecule has 1 aliphatic rings. The fraction of sp³-hybridized carbons (Fsp3) is 0.357. The van der Waals surface area contributed by atoms with E-state index in [9.17, 15) is 5.11 Å². The SMILES string of the molecule is Cn1ncc(Br)c1C(O)C1CCc2ccccc21. The van der Waals surface area contributed by atoms with Gasteiger partial charge in [0.25, 0.3) is 0 Å². The summed E-state index contributed by atoms with van der Waals surface area (Å²) in [5.41, 5.74) is 3.50. The van der Waals surface area contributed by atoms with Crippen molar-refractivity contribution in [3.63, 3.8) is 0 Å². The standard InChI is InChI=1S/C14H15BrN2O/c1-17-13(12(15)8-16-17)14(18)11-7-6-9-4-2-3-5-10(9)11/h2-5,8,11,14,18H,6-7H2,1H3. The zero-order chi connectivity index (χ0) is 12.7. The Kier molecular flexibility index (Phi) is 2.99. The van der Waals surface area contributed by atoms with Crippen molar-refractivity contribution in [1.82, 2.24) is 9.78 Å². The van der Waals surface area contributed by atoms with Crippen LogP contribution < -0.4 is 0 Å². The molecule has 0 aliphatic heterocycles. The topological polar surface area (TPSA) is 38.0 Å². The van der Waals surface area contributed by atoms with Gasteiger partial charge >= 0.3 is 0 Å². The Labute approximate surface area is 115 Å². The molecule has 0 bridgehead atoms. The minimum Gasteiger partial charge on any atom is -0.386 e. The highest BCUT2D eigenvalue weighted by Gasteiger charge is 2.31. The number of hydrogen-bond donors (Lipinski definition) is 1. The van der Waals surface area contributed by atoms with Crippen molar-refractivity contribution in [3.8, 4) is 0 Å². The molecule has 2 unspecified atom stereocenters. The first-order valence-electron chi connectivity index (χ1n) is 6.11. The first-order chi connectivity index (χ1) is 8.68. The van der Waals surface area contributed by atoms with Crippen LogP contribution in [0.25, 0.3) is 0 Å². The van der Waals surface area contributed by atoms with Gasteiger partial charge in [0.05, 0.1) is 16.4 Å². The van der Waals surface area contributed by atoms with Gasteiger partial charge in [-0.1, -0.05) is 24.3 Å². The molecule has 1 N–H and O–H groups in total. The summed E-state index contributed by atoms with van der Waals surface area (Å²) < 4.78 is 2.62. The molecular formula is C14H15BrN2O. The molecule has 2 atom stereocenters. The summed E-state index contributed by atoms with van der Waals surface area (Å²) in [7, 11) is 1.87. The molecule has 1 heterocycles. The summed E-state index contributed by atoms with van der Waals surface area (Å²) in [6.45, 7) is 0. The number of hydrogen-bond acceptors (Lipinski definition) is 2. The van der Waals surface area contributed by atoms with E-state index >= 15 is 0 Å². The lowest BCUT2D eigenvalue weighted by Gasteiger charge is -2.20. The second-order valence-corrected chi connectivity index (χ2v) is 5.64. The Balaban J connectivity index is 1.98. The molecule has 0 spiro atoms. The van der Waals surface area contributed by atoms with Crippen molar-refractivity contribution in [2.24, 2.45) is 7.05 Å². The second-order valence-electron chi connectivity index (χ2n) is 4.79. The first kappa shape index (κ1) is 11.9. The highest BCUT2D eigenvalue weighted by molar-refractivity contribution is 9.10. The van der Waals surface area contributed by atoms with Gasteiger partial charge < -0.3 is 5.11 Å². The van der Waals surface area contributed by atoms with Crippen LogP contribution >= 0.6 is 15.9 Å². The summed E-state index contributed by atoms with van der Waals surface area (Å²) in [5, 5.41) is 14.8. The lowest BCUT2D eigenvalue weighted by atomic mass is 9.93. The minimum atomic E-state index is -0.504. The van der Waals surface area contributed by atoms with Crippen LogP contribution in [0.1, 0.15) is 35.3 Å². The number of rotatable bonds is 2. The molecule has 1 aliphatic carbocycles. The molecule has 0 saturated carbocycles. The number of aliphatic hydroxyl groups is 1. The summed E-state index contributed by atoms with van der Waals surface area (Å²) in [6, 6.07) is 8.39. The Hall–Kier alpha value is -1.13. The fourth-order valence-corrected chi connectivity index (χ4v) is 3.44. The Morgan fingerprint density at radius 2 is 2.22 bits per heavy atom. The average Bonchev–Trinajstić information content (AvgIpc) is 2.93. The molecule has 0 fully saturated rings. The molecule has 4 heteroatoms. The maximum Gasteiger partial charge on any atom is 0.104 e. The number of aromatic nitrogens is 2. The van der Waals surface area contributed by atoms with Crippen LogP contribution in [0.15, 0.2) is 34.9 Å². The lowest BCUT2D eigenvalue weighted by Crippen LogP contribution is -2.13. The molecule has 1 aromatic heterocycles. The van der Waals surface area contributed by atoms with Crippen LogP contribution in [0.4, 0.5) is 0 Å². The third-order valence-electron chi connectivity index (χ3n) is 3.78. The number of aliphatic hydroxyl groups excluding tert-OH is 1. The quantitative estimate of drug-likeness (QED) is 0.926. The first-order valence-corrected chi connectivity index (χ1v) is 6.91. The summed E-state index contributed by atoms with van der Waals surface area (Å²) in [4.78, 5) is 0. The van der Waals surface area contributed by atoms with Gasteiger partial charge in [-0.05, 0) is 39.9 Å².